The summed E-state index contributed by atoms with van der Waals surface area (Å²) >= 11 is 0. The molecule has 1 rings (SSSR count). The Labute approximate surface area is 89.1 Å². The summed E-state index contributed by atoms with van der Waals surface area (Å²) in [5.74, 6) is 0.00424. The normalized spacial score (nSPS) is 13.0. The van der Waals surface area contributed by atoms with Gasteiger partial charge in [-0.15, -0.1) is 0 Å². The third-order valence-corrected chi connectivity index (χ3v) is 1.84. The van der Waals surface area contributed by atoms with E-state index in [1.54, 1.807) is 18.3 Å². The average Bonchev–Trinajstić information content (AvgIpc) is 2.21. The van der Waals surface area contributed by atoms with Crippen LogP contribution in [0.3, 0.4) is 0 Å². The molecule has 0 fully saturated rings. The van der Waals surface area contributed by atoms with Crippen molar-refractivity contribution in [1.82, 2.24) is 0 Å². The van der Waals surface area contributed by atoms with Crippen LogP contribution in [0.4, 0.5) is 4.39 Å². The molecule has 0 radical (unpaired) electrons. The van der Waals surface area contributed by atoms with Crippen molar-refractivity contribution in [1.29, 1.82) is 5.26 Å². The lowest BCUT2D eigenvalue weighted by atomic mass is 10.1. The smallest absolute Gasteiger partial charge is 0.161 e. The van der Waals surface area contributed by atoms with Gasteiger partial charge in [-0.2, -0.15) is 5.26 Å². The van der Waals surface area contributed by atoms with Crippen LogP contribution in [0.2, 0.25) is 0 Å². The molecule has 0 saturated carbocycles. The van der Waals surface area contributed by atoms with E-state index in [0.29, 0.717) is 5.92 Å². The number of nitriles is 1. The van der Waals surface area contributed by atoms with Gasteiger partial charge < -0.3 is 0 Å². The van der Waals surface area contributed by atoms with Crippen LogP contribution in [0, 0.1) is 23.1 Å². The molecule has 78 valence electrons. The van der Waals surface area contributed by atoms with E-state index in [0.717, 1.165) is 5.56 Å². The highest BCUT2D eigenvalue weighted by Gasteiger charge is 2.07. The molecule has 0 bridgehead atoms. The highest BCUT2D eigenvalue weighted by Crippen LogP contribution is 2.16. The van der Waals surface area contributed by atoms with Crippen LogP contribution >= 0.6 is 0 Å². The van der Waals surface area contributed by atoms with E-state index in [9.17, 15) is 4.39 Å². The standard InChI is InChI=1S/C12H13FN2/c1-9(2)8-15-12(7-14)10-3-5-11(13)6-4-10/h3-6,8-9,12H,1-2H3. The molecule has 1 aromatic carbocycles. The number of nitrogens with zero attached hydrogens (tertiary/aromatic N) is 2. The van der Waals surface area contributed by atoms with Gasteiger partial charge in [-0.25, -0.2) is 4.39 Å². The zero-order chi connectivity index (χ0) is 11.3. The number of rotatable bonds is 3. The van der Waals surface area contributed by atoms with Crippen molar-refractivity contribution in [3.8, 4) is 6.07 Å². The second-order valence-corrected chi connectivity index (χ2v) is 3.63. The zero-order valence-corrected chi connectivity index (χ0v) is 8.81. The Morgan fingerprint density at radius 2 is 1.93 bits per heavy atom. The fourth-order valence-corrected chi connectivity index (χ4v) is 1.10. The van der Waals surface area contributed by atoms with Crippen LogP contribution < -0.4 is 0 Å². The van der Waals surface area contributed by atoms with Crippen molar-refractivity contribution in [2.75, 3.05) is 0 Å². The molecular weight excluding hydrogens is 191 g/mol. The monoisotopic (exact) mass is 204 g/mol. The van der Waals surface area contributed by atoms with Gasteiger partial charge in [0, 0.05) is 6.21 Å². The molecule has 0 N–H and O–H groups in total. The van der Waals surface area contributed by atoms with E-state index in [2.05, 4.69) is 11.1 Å². The number of hydrogen-bond acceptors (Lipinski definition) is 2. The molecule has 0 amide bonds. The number of aliphatic imine (C=N–C) groups is 1. The number of benzene rings is 1. The Morgan fingerprint density at radius 3 is 2.40 bits per heavy atom. The van der Waals surface area contributed by atoms with Gasteiger partial charge in [0.2, 0.25) is 0 Å². The molecule has 0 heterocycles. The third-order valence-electron chi connectivity index (χ3n) is 1.84. The SMILES string of the molecule is CC(C)C=NC(C#N)c1ccc(F)cc1. The number of halogens is 1. The minimum Gasteiger partial charge on any atom is -0.274 e. The predicted octanol–water partition coefficient (Wildman–Crippen LogP) is 3.12. The highest BCUT2D eigenvalue weighted by molar-refractivity contribution is 5.60. The van der Waals surface area contributed by atoms with Crippen molar-refractivity contribution < 1.29 is 4.39 Å². The summed E-state index contributed by atoms with van der Waals surface area (Å²) < 4.78 is 12.6. The van der Waals surface area contributed by atoms with Gasteiger partial charge in [0.1, 0.15) is 5.82 Å². The first kappa shape index (κ1) is 11.4. The molecule has 1 aromatic rings. The van der Waals surface area contributed by atoms with Crippen LogP contribution in [0.15, 0.2) is 29.3 Å². The Bertz CT molecular complexity index is 374. The largest absolute Gasteiger partial charge is 0.274 e. The minimum atomic E-state index is -0.534. The van der Waals surface area contributed by atoms with Crippen molar-refractivity contribution in [2.45, 2.75) is 19.9 Å². The maximum Gasteiger partial charge on any atom is 0.161 e. The molecule has 1 atom stereocenters. The van der Waals surface area contributed by atoms with E-state index in [-0.39, 0.29) is 5.82 Å². The Hall–Kier alpha value is -1.69. The fraction of sp³-hybridized carbons (Fsp3) is 0.333. The van der Waals surface area contributed by atoms with Crippen LogP contribution in [0.1, 0.15) is 25.5 Å². The highest BCUT2D eigenvalue weighted by atomic mass is 19.1. The molecule has 0 spiro atoms. The molecule has 1 unspecified atom stereocenters. The summed E-state index contributed by atoms with van der Waals surface area (Å²) in [6.07, 6.45) is 1.73. The van der Waals surface area contributed by atoms with E-state index in [1.807, 2.05) is 13.8 Å². The second-order valence-electron chi connectivity index (χ2n) is 3.63. The maximum atomic E-state index is 12.6. The van der Waals surface area contributed by atoms with E-state index in [4.69, 9.17) is 5.26 Å². The molecule has 2 nitrogen and oxygen atoms in total. The summed E-state index contributed by atoms with van der Waals surface area (Å²) in [7, 11) is 0. The lowest BCUT2D eigenvalue weighted by Gasteiger charge is -2.04. The van der Waals surface area contributed by atoms with Crippen LogP contribution in [-0.2, 0) is 0 Å². The Kier molecular flexibility index (Phi) is 3.99. The van der Waals surface area contributed by atoms with Gasteiger partial charge in [-0.3, -0.25) is 4.99 Å². The summed E-state index contributed by atoms with van der Waals surface area (Å²) in [4.78, 5) is 4.13. The van der Waals surface area contributed by atoms with Gasteiger partial charge in [0.05, 0.1) is 6.07 Å². The molecule has 0 aliphatic rings. The van der Waals surface area contributed by atoms with E-state index in [1.165, 1.54) is 12.1 Å². The quantitative estimate of drug-likeness (QED) is 0.697. The first-order valence-electron chi connectivity index (χ1n) is 4.82. The van der Waals surface area contributed by atoms with E-state index >= 15 is 0 Å². The van der Waals surface area contributed by atoms with Gasteiger partial charge in [-0.05, 0) is 23.6 Å². The lowest BCUT2D eigenvalue weighted by molar-refractivity contribution is 0.626. The van der Waals surface area contributed by atoms with Gasteiger partial charge in [0.25, 0.3) is 0 Å². The van der Waals surface area contributed by atoms with Crippen LogP contribution in [0.25, 0.3) is 0 Å². The molecule has 0 saturated heterocycles. The fourth-order valence-electron chi connectivity index (χ4n) is 1.10. The van der Waals surface area contributed by atoms with Gasteiger partial charge in [0.15, 0.2) is 6.04 Å². The predicted molar refractivity (Wildman–Crippen MR) is 58.1 cm³/mol. The Morgan fingerprint density at radius 1 is 1.33 bits per heavy atom. The molecule has 0 aliphatic heterocycles. The summed E-state index contributed by atoms with van der Waals surface area (Å²) in [5, 5.41) is 8.90. The zero-order valence-electron chi connectivity index (χ0n) is 8.81. The van der Waals surface area contributed by atoms with Crippen LogP contribution in [-0.4, -0.2) is 6.21 Å². The maximum absolute atomic E-state index is 12.6. The van der Waals surface area contributed by atoms with Crippen molar-refractivity contribution in [2.24, 2.45) is 10.9 Å². The van der Waals surface area contributed by atoms with Crippen molar-refractivity contribution in [3.63, 3.8) is 0 Å². The van der Waals surface area contributed by atoms with Crippen molar-refractivity contribution in [3.05, 3.63) is 35.6 Å². The summed E-state index contributed by atoms with van der Waals surface area (Å²) in [6.45, 7) is 3.98. The first-order chi connectivity index (χ1) is 7.13. The Balaban J connectivity index is 2.85. The van der Waals surface area contributed by atoms with Crippen LogP contribution in [0.5, 0.6) is 0 Å². The lowest BCUT2D eigenvalue weighted by Crippen LogP contribution is -1.95. The average molecular weight is 204 g/mol. The first-order valence-corrected chi connectivity index (χ1v) is 4.82. The number of hydrogen-bond donors (Lipinski definition) is 0. The second kappa shape index (κ2) is 5.26. The third kappa shape index (κ3) is 3.51. The molecular formula is C12H13FN2. The summed E-state index contributed by atoms with van der Waals surface area (Å²) in [5.41, 5.74) is 0.718. The summed E-state index contributed by atoms with van der Waals surface area (Å²) in [6, 6.07) is 7.38. The molecule has 3 heteroatoms. The van der Waals surface area contributed by atoms with Gasteiger partial charge >= 0.3 is 0 Å². The molecule has 15 heavy (non-hydrogen) atoms. The van der Waals surface area contributed by atoms with Crippen molar-refractivity contribution >= 4 is 6.21 Å². The van der Waals surface area contributed by atoms with E-state index < -0.39 is 6.04 Å². The minimum absolute atomic E-state index is 0.303. The molecule has 0 aliphatic carbocycles. The molecule has 0 aromatic heterocycles. The topological polar surface area (TPSA) is 36.1 Å². The van der Waals surface area contributed by atoms with Gasteiger partial charge in [-0.1, -0.05) is 26.0 Å².